The lowest BCUT2D eigenvalue weighted by atomic mass is 10.0. The molecule has 0 heterocycles. The van der Waals surface area contributed by atoms with E-state index in [4.69, 9.17) is 0 Å². The highest BCUT2D eigenvalue weighted by Gasteiger charge is 2.17. The molecule has 0 fully saturated rings. The SMILES string of the molecule is CCCCCCCCCCCCCCCCCC/C=C/CC/C=C/CC/C=C/C(O)C(CO)NC(=O)CCCCCC. The standard InChI is InChI=1S/C38H71NO3/c1-3-5-7-9-10-11-12-13-14-15-16-17-18-19-20-21-22-23-24-25-26-27-28-29-30-31-33-37(41)36(35-40)39-38(42)34-32-8-6-4-2/h23-24,27-28,31,33,36-37,40-41H,3-22,25-26,29-30,32,34-35H2,1-2H3,(H,39,42)/b24-23+,28-27+,33-31+. The van der Waals surface area contributed by atoms with Crippen LogP contribution in [0.25, 0.3) is 0 Å². The average molecular weight is 590 g/mol. The van der Waals surface area contributed by atoms with E-state index in [1.165, 1.54) is 109 Å². The van der Waals surface area contributed by atoms with Crippen LogP contribution in [-0.2, 0) is 4.79 Å². The number of carbonyl (C=O) groups excluding carboxylic acids is 1. The Morgan fingerprint density at radius 2 is 0.929 bits per heavy atom. The molecule has 0 aromatic rings. The van der Waals surface area contributed by atoms with Gasteiger partial charge in [0.15, 0.2) is 0 Å². The number of aliphatic hydroxyl groups is 2. The molecule has 0 aromatic heterocycles. The maximum atomic E-state index is 12.0. The van der Waals surface area contributed by atoms with Gasteiger partial charge in [-0.15, -0.1) is 0 Å². The first-order valence-corrected chi connectivity index (χ1v) is 18.2. The number of hydrogen-bond acceptors (Lipinski definition) is 3. The highest BCUT2D eigenvalue weighted by atomic mass is 16.3. The molecular formula is C38H71NO3. The van der Waals surface area contributed by atoms with Crippen molar-refractivity contribution < 1.29 is 15.0 Å². The zero-order chi connectivity index (χ0) is 30.8. The Bertz CT molecular complexity index is 642. The summed E-state index contributed by atoms with van der Waals surface area (Å²) in [6.45, 7) is 4.17. The molecule has 0 bridgehead atoms. The predicted molar refractivity (Wildman–Crippen MR) is 184 cm³/mol. The maximum absolute atomic E-state index is 12.0. The van der Waals surface area contributed by atoms with Crippen LogP contribution in [0.5, 0.6) is 0 Å². The minimum atomic E-state index is -0.863. The molecule has 0 aromatic carbocycles. The predicted octanol–water partition coefficient (Wildman–Crippen LogP) is 10.7. The number of allylic oxidation sites excluding steroid dienone is 5. The van der Waals surface area contributed by atoms with Crippen LogP contribution in [0.1, 0.15) is 181 Å². The van der Waals surface area contributed by atoms with Crippen LogP contribution in [0, 0.1) is 0 Å². The van der Waals surface area contributed by atoms with Crippen molar-refractivity contribution >= 4 is 5.91 Å². The van der Waals surface area contributed by atoms with E-state index >= 15 is 0 Å². The van der Waals surface area contributed by atoms with Crippen molar-refractivity contribution in [1.29, 1.82) is 0 Å². The molecule has 4 heteroatoms. The topological polar surface area (TPSA) is 69.6 Å². The lowest BCUT2D eigenvalue weighted by molar-refractivity contribution is -0.123. The van der Waals surface area contributed by atoms with Gasteiger partial charge in [0.05, 0.1) is 18.8 Å². The molecule has 0 saturated carbocycles. The molecular weight excluding hydrogens is 518 g/mol. The van der Waals surface area contributed by atoms with Crippen LogP contribution in [0.3, 0.4) is 0 Å². The van der Waals surface area contributed by atoms with Gasteiger partial charge >= 0.3 is 0 Å². The first kappa shape index (κ1) is 40.6. The molecule has 2 atom stereocenters. The highest BCUT2D eigenvalue weighted by molar-refractivity contribution is 5.76. The molecule has 0 spiro atoms. The van der Waals surface area contributed by atoms with Crippen LogP contribution in [0.15, 0.2) is 36.5 Å². The van der Waals surface area contributed by atoms with Crippen LogP contribution in [0.4, 0.5) is 0 Å². The highest BCUT2D eigenvalue weighted by Crippen LogP contribution is 2.14. The van der Waals surface area contributed by atoms with Crippen molar-refractivity contribution in [3.8, 4) is 0 Å². The van der Waals surface area contributed by atoms with Crippen LogP contribution in [-0.4, -0.2) is 34.9 Å². The smallest absolute Gasteiger partial charge is 0.220 e. The van der Waals surface area contributed by atoms with Crippen molar-refractivity contribution in [3.63, 3.8) is 0 Å². The van der Waals surface area contributed by atoms with E-state index in [1.54, 1.807) is 6.08 Å². The summed E-state index contributed by atoms with van der Waals surface area (Å²) >= 11 is 0. The Labute approximate surface area is 261 Å². The minimum absolute atomic E-state index is 0.0976. The molecule has 42 heavy (non-hydrogen) atoms. The molecule has 0 aliphatic heterocycles. The summed E-state index contributed by atoms with van der Waals surface area (Å²) < 4.78 is 0. The summed E-state index contributed by atoms with van der Waals surface area (Å²) in [4.78, 5) is 12.0. The lowest BCUT2D eigenvalue weighted by Crippen LogP contribution is -2.45. The van der Waals surface area contributed by atoms with Gasteiger partial charge in [-0.25, -0.2) is 0 Å². The molecule has 4 nitrogen and oxygen atoms in total. The van der Waals surface area contributed by atoms with E-state index in [1.807, 2.05) is 6.08 Å². The normalized spacial score (nSPS) is 13.5. The first-order valence-electron chi connectivity index (χ1n) is 18.2. The van der Waals surface area contributed by atoms with E-state index < -0.39 is 12.1 Å². The van der Waals surface area contributed by atoms with Crippen molar-refractivity contribution in [2.75, 3.05) is 6.61 Å². The van der Waals surface area contributed by atoms with Crippen molar-refractivity contribution in [1.82, 2.24) is 5.32 Å². The quantitative estimate of drug-likeness (QED) is 0.0540. The van der Waals surface area contributed by atoms with E-state index in [-0.39, 0.29) is 12.5 Å². The number of carbonyl (C=O) groups is 1. The Hall–Kier alpha value is -1.39. The Morgan fingerprint density at radius 1 is 0.548 bits per heavy atom. The summed E-state index contributed by atoms with van der Waals surface area (Å²) in [6, 6.07) is -0.638. The second-order valence-electron chi connectivity index (χ2n) is 12.3. The van der Waals surface area contributed by atoms with Crippen molar-refractivity contribution in [2.24, 2.45) is 0 Å². The van der Waals surface area contributed by atoms with Crippen LogP contribution < -0.4 is 5.32 Å². The van der Waals surface area contributed by atoms with E-state index in [9.17, 15) is 15.0 Å². The molecule has 0 radical (unpaired) electrons. The molecule has 246 valence electrons. The van der Waals surface area contributed by atoms with Gasteiger partial charge in [0.1, 0.15) is 0 Å². The Morgan fingerprint density at radius 3 is 1.38 bits per heavy atom. The number of unbranched alkanes of at least 4 members (excludes halogenated alkanes) is 21. The fourth-order valence-electron chi connectivity index (χ4n) is 5.27. The van der Waals surface area contributed by atoms with Gasteiger partial charge in [-0.05, 0) is 44.9 Å². The molecule has 0 rings (SSSR count). The van der Waals surface area contributed by atoms with Gasteiger partial charge < -0.3 is 15.5 Å². The number of nitrogens with one attached hydrogen (secondary N) is 1. The van der Waals surface area contributed by atoms with Gasteiger partial charge in [0, 0.05) is 6.42 Å². The average Bonchev–Trinajstić information content (AvgIpc) is 2.99. The molecule has 3 N–H and O–H groups in total. The summed E-state index contributed by atoms with van der Waals surface area (Å²) in [5.74, 6) is -0.0976. The van der Waals surface area contributed by atoms with E-state index in [2.05, 4.69) is 43.5 Å². The van der Waals surface area contributed by atoms with Gasteiger partial charge in [0.2, 0.25) is 5.91 Å². The maximum Gasteiger partial charge on any atom is 0.220 e. The van der Waals surface area contributed by atoms with Crippen molar-refractivity contribution in [2.45, 2.75) is 193 Å². The third-order valence-electron chi connectivity index (χ3n) is 8.10. The second kappa shape index (κ2) is 34.1. The number of hydrogen-bond donors (Lipinski definition) is 3. The molecule has 0 aliphatic carbocycles. The van der Waals surface area contributed by atoms with Crippen molar-refractivity contribution in [3.05, 3.63) is 36.5 Å². The molecule has 0 saturated heterocycles. The monoisotopic (exact) mass is 590 g/mol. The van der Waals surface area contributed by atoms with Gasteiger partial charge in [-0.1, -0.05) is 166 Å². The van der Waals surface area contributed by atoms with Gasteiger partial charge in [0.25, 0.3) is 0 Å². The van der Waals surface area contributed by atoms with Gasteiger partial charge in [-0.3, -0.25) is 4.79 Å². The van der Waals surface area contributed by atoms with E-state index in [0.29, 0.717) is 6.42 Å². The van der Waals surface area contributed by atoms with Crippen LogP contribution >= 0.6 is 0 Å². The fraction of sp³-hybridized carbons (Fsp3) is 0.816. The number of rotatable bonds is 32. The third kappa shape index (κ3) is 30.1. The van der Waals surface area contributed by atoms with E-state index in [0.717, 1.165) is 51.4 Å². The Balaban J connectivity index is 3.53. The largest absolute Gasteiger partial charge is 0.394 e. The summed E-state index contributed by atoms with van der Waals surface area (Å²) in [5.41, 5.74) is 0. The number of aliphatic hydroxyl groups excluding tert-OH is 2. The lowest BCUT2D eigenvalue weighted by Gasteiger charge is -2.19. The first-order chi connectivity index (χ1) is 20.7. The van der Waals surface area contributed by atoms with Crippen LogP contribution in [0.2, 0.25) is 0 Å². The Kier molecular flexibility index (Phi) is 33.0. The zero-order valence-corrected chi connectivity index (χ0v) is 28.0. The number of amides is 1. The molecule has 1 amide bonds. The zero-order valence-electron chi connectivity index (χ0n) is 28.0. The minimum Gasteiger partial charge on any atom is -0.394 e. The summed E-state index contributed by atoms with van der Waals surface area (Å²) in [6.07, 6.45) is 44.4. The second-order valence-corrected chi connectivity index (χ2v) is 12.3. The fourth-order valence-corrected chi connectivity index (χ4v) is 5.27. The molecule has 2 unspecified atom stereocenters. The third-order valence-corrected chi connectivity index (χ3v) is 8.10. The molecule has 0 aliphatic rings. The van der Waals surface area contributed by atoms with Gasteiger partial charge in [-0.2, -0.15) is 0 Å². The summed E-state index contributed by atoms with van der Waals surface area (Å²) in [5, 5.41) is 22.5. The summed E-state index contributed by atoms with van der Waals surface area (Å²) in [7, 11) is 0.